The van der Waals surface area contributed by atoms with Crippen LogP contribution in [-0.4, -0.2) is 47.4 Å². The second kappa shape index (κ2) is 79.5. The van der Waals surface area contributed by atoms with Gasteiger partial charge in [0.1, 0.15) is 0 Å². The minimum absolute atomic E-state index is 0.00979. The van der Waals surface area contributed by atoms with E-state index in [9.17, 15) is 19.8 Å². The summed E-state index contributed by atoms with van der Waals surface area (Å²) in [5.74, 6) is -0.0477. The fourth-order valence-corrected chi connectivity index (χ4v) is 13.1. The van der Waals surface area contributed by atoms with Gasteiger partial charge in [-0.3, -0.25) is 9.59 Å². The van der Waals surface area contributed by atoms with Gasteiger partial charge in [-0.2, -0.15) is 0 Å². The molecule has 0 aromatic heterocycles. The molecule has 0 heterocycles. The van der Waals surface area contributed by atoms with E-state index in [0.29, 0.717) is 19.4 Å². The SMILES string of the molecule is CCCCC/C=C\C/C=C\CCCCCCCC(=O)OCCCCCCCCCCCCCCCCCCCCCCCCCCCCCCCCCCCCCCCC(=O)NC(CO)C(O)/C=C/CCCCCCCCCCCCCCCCCCCCC. The van der Waals surface area contributed by atoms with Crippen LogP contribution in [0.5, 0.6) is 0 Å². The summed E-state index contributed by atoms with van der Waals surface area (Å²) in [6.45, 7) is 4.92. The minimum atomic E-state index is -0.842. The fraction of sp³-hybridized carbons (Fsp3) is 0.905. The standard InChI is InChI=1S/C84H161NO5/c1-3-5-7-9-11-13-15-17-19-20-21-39-42-45-49-52-56-60-64-68-72-76-82(87)81(80-86)85-83(88)77-73-69-65-61-57-53-50-46-43-40-37-35-33-31-29-27-25-23-22-24-26-28-30-32-34-36-38-41-44-47-51-55-59-63-67-71-75-79-90-84(89)78-74-70-66-62-58-54-48-18-16-14-12-10-8-6-4-2/h12,14,18,48,72,76,81-82,86-87H,3-11,13,15-17,19-47,49-71,73-75,77-80H2,1-2H3,(H,85,88)/b14-12-,48-18-,76-72+. The van der Waals surface area contributed by atoms with Crippen LogP contribution in [0, 0.1) is 0 Å². The Morgan fingerprint density at radius 3 is 0.867 bits per heavy atom. The highest BCUT2D eigenvalue weighted by atomic mass is 16.5. The van der Waals surface area contributed by atoms with Crippen molar-refractivity contribution < 1.29 is 24.5 Å². The van der Waals surface area contributed by atoms with Gasteiger partial charge >= 0.3 is 5.97 Å². The normalized spacial score (nSPS) is 12.6. The van der Waals surface area contributed by atoms with Crippen molar-refractivity contribution in [1.29, 1.82) is 0 Å². The summed E-state index contributed by atoms with van der Waals surface area (Å²) >= 11 is 0. The number of nitrogens with one attached hydrogen (secondary N) is 1. The van der Waals surface area contributed by atoms with Crippen LogP contribution >= 0.6 is 0 Å². The van der Waals surface area contributed by atoms with Crippen LogP contribution in [0.3, 0.4) is 0 Å². The number of esters is 1. The van der Waals surface area contributed by atoms with Crippen LogP contribution in [0.1, 0.15) is 463 Å². The third kappa shape index (κ3) is 75.1. The number of unbranched alkanes of at least 4 members (excludes halogenated alkanes) is 63. The maximum atomic E-state index is 12.5. The van der Waals surface area contributed by atoms with Crippen LogP contribution in [-0.2, 0) is 14.3 Å². The predicted octanol–water partition coefficient (Wildman–Crippen LogP) is 27.4. The summed E-state index contributed by atoms with van der Waals surface area (Å²) in [6, 6.07) is -0.625. The van der Waals surface area contributed by atoms with E-state index < -0.39 is 12.1 Å². The van der Waals surface area contributed by atoms with E-state index in [-0.39, 0.29) is 18.5 Å². The van der Waals surface area contributed by atoms with E-state index in [4.69, 9.17) is 4.74 Å². The molecule has 6 heteroatoms. The molecule has 0 aliphatic heterocycles. The fourth-order valence-electron chi connectivity index (χ4n) is 13.1. The Morgan fingerprint density at radius 1 is 0.311 bits per heavy atom. The van der Waals surface area contributed by atoms with E-state index >= 15 is 0 Å². The molecule has 532 valence electrons. The average Bonchev–Trinajstić information content (AvgIpc) is 3.68. The number of hydrogen-bond acceptors (Lipinski definition) is 5. The summed E-state index contributed by atoms with van der Waals surface area (Å²) < 4.78 is 5.50. The number of aliphatic hydroxyl groups is 2. The number of aliphatic hydroxyl groups excluding tert-OH is 2. The van der Waals surface area contributed by atoms with Crippen molar-refractivity contribution in [2.45, 2.75) is 475 Å². The topological polar surface area (TPSA) is 95.9 Å². The second-order valence-electron chi connectivity index (χ2n) is 28.5. The Labute approximate surface area is 564 Å². The number of carbonyl (C=O) groups excluding carboxylic acids is 2. The van der Waals surface area contributed by atoms with Gasteiger partial charge in [0.05, 0.1) is 25.4 Å². The third-order valence-electron chi connectivity index (χ3n) is 19.4. The number of hydrogen-bond donors (Lipinski definition) is 3. The molecule has 1 amide bonds. The molecule has 0 radical (unpaired) electrons. The number of ether oxygens (including phenoxy) is 1. The maximum absolute atomic E-state index is 12.5. The first-order chi connectivity index (χ1) is 44.5. The van der Waals surface area contributed by atoms with Gasteiger partial charge in [-0.25, -0.2) is 0 Å². The van der Waals surface area contributed by atoms with Crippen molar-refractivity contribution in [3.8, 4) is 0 Å². The predicted molar refractivity (Wildman–Crippen MR) is 398 cm³/mol. The highest BCUT2D eigenvalue weighted by Crippen LogP contribution is 2.20. The first-order valence-electron chi connectivity index (χ1n) is 41.3. The number of allylic oxidation sites excluding steroid dienone is 5. The Morgan fingerprint density at radius 2 is 0.556 bits per heavy atom. The Balaban J connectivity index is 3.33. The van der Waals surface area contributed by atoms with Crippen LogP contribution < -0.4 is 5.32 Å². The van der Waals surface area contributed by atoms with Crippen LogP contribution in [0.4, 0.5) is 0 Å². The van der Waals surface area contributed by atoms with Gasteiger partial charge in [-0.15, -0.1) is 0 Å². The molecule has 0 bridgehead atoms. The van der Waals surface area contributed by atoms with Crippen LogP contribution in [0.15, 0.2) is 36.5 Å². The van der Waals surface area contributed by atoms with Crippen molar-refractivity contribution in [2.24, 2.45) is 0 Å². The minimum Gasteiger partial charge on any atom is -0.466 e. The first-order valence-corrected chi connectivity index (χ1v) is 41.3. The van der Waals surface area contributed by atoms with Crippen LogP contribution in [0.2, 0.25) is 0 Å². The van der Waals surface area contributed by atoms with E-state index in [1.807, 2.05) is 6.08 Å². The maximum Gasteiger partial charge on any atom is 0.305 e. The molecule has 0 rings (SSSR count). The number of carbonyl (C=O) groups is 2. The zero-order chi connectivity index (χ0) is 64.9. The molecule has 0 spiro atoms. The zero-order valence-electron chi connectivity index (χ0n) is 61.1. The van der Waals surface area contributed by atoms with Crippen molar-refractivity contribution in [2.75, 3.05) is 13.2 Å². The molecule has 0 saturated carbocycles. The molecule has 6 nitrogen and oxygen atoms in total. The summed E-state index contributed by atoms with van der Waals surface area (Å²) in [4.78, 5) is 24.6. The van der Waals surface area contributed by atoms with Gasteiger partial charge in [-0.05, 0) is 64.2 Å². The van der Waals surface area contributed by atoms with E-state index in [1.54, 1.807) is 6.08 Å². The third-order valence-corrected chi connectivity index (χ3v) is 19.4. The highest BCUT2D eigenvalue weighted by molar-refractivity contribution is 5.76. The summed E-state index contributed by atoms with van der Waals surface area (Å²) in [7, 11) is 0. The smallest absolute Gasteiger partial charge is 0.305 e. The quantitative estimate of drug-likeness (QED) is 0.0320. The van der Waals surface area contributed by atoms with Crippen LogP contribution in [0.25, 0.3) is 0 Å². The summed E-state index contributed by atoms with van der Waals surface area (Å²) in [5, 5.41) is 23.3. The molecule has 2 atom stereocenters. The first kappa shape index (κ1) is 88.1. The monoisotopic (exact) mass is 1260 g/mol. The van der Waals surface area contributed by atoms with E-state index in [2.05, 4.69) is 43.5 Å². The largest absolute Gasteiger partial charge is 0.466 e. The van der Waals surface area contributed by atoms with Crippen molar-refractivity contribution in [3.63, 3.8) is 0 Å². The lowest BCUT2D eigenvalue weighted by atomic mass is 10.0. The second-order valence-corrected chi connectivity index (χ2v) is 28.5. The molecule has 0 aliphatic carbocycles. The lowest BCUT2D eigenvalue weighted by Crippen LogP contribution is -2.45. The zero-order valence-corrected chi connectivity index (χ0v) is 61.1. The summed E-state index contributed by atoms with van der Waals surface area (Å²) in [6.07, 6.45) is 104. The lowest BCUT2D eigenvalue weighted by molar-refractivity contribution is -0.143. The van der Waals surface area contributed by atoms with Gasteiger partial charge in [0, 0.05) is 12.8 Å². The number of rotatable bonds is 78. The van der Waals surface area contributed by atoms with Gasteiger partial charge < -0.3 is 20.3 Å². The molecule has 3 N–H and O–H groups in total. The van der Waals surface area contributed by atoms with Crippen molar-refractivity contribution in [1.82, 2.24) is 5.32 Å². The molecule has 0 saturated heterocycles. The molecule has 0 aliphatic rings. The van der Waals surface area contributed by atoms with Gasteiger partial charge in [0.2, 0.25) is 5.91 Å². The van der Waals surface area contributed by atoms with E-state index in [1.165, 1.54) is 385 Å². The van der Waals surface area contributed by atoms with Crippen molar-refractivity contribution >= 4 is 11.9 Å². The Hall–Kier alpha value is -1.92. The highest BCUT2D eigenvalue weighted by Gasteiger charge is 2.18. The molecular formula is C84H161NO5. The molecule has 2 unspecified atom stereocenters. The van der Waals surface area contributed by atoms with Crippen molar-refractivity contribution in [3.05, 3.63) is 36.5 Å². The molecule has 0 fully saturated rings. The Bertz CT molecular complexity index is 1460. The molecule has 0 aromatic rings. The average molecular weight is 1270 g/mol. The summed E-state index contributed by atoms with van der Waals surface area (Å²) in [5.41, 5.74) is 0. The Kier molecular flexibility index (Phi) is 77.8. The van der Waals surface area contributed by atoms with Gasteiger partial charge in [0.25, 0.3) is 0 Å². The lowest BCUT2D eigenvalue weighted by Gasteiger charge is -2.20. The number of amides is 1. The molecule has 0 aromatic carbocycles. The van der Waals surface area contributed by atoms with Gasteiger partial charge in [0.15, 0.2) is 0 Å². The van der Waals surface area contributed by atoms with E-state index in [0.717, 1.165) is 51.4 Å². The molecule has 90 heavy (non-hydrogen) atoms. The molecular weight excluding hydrogens is 1100 g/mol. The van der Waals surface area contributed by atoms with Gasteiger partial charge in [-0.1, -0.05) is 423 Å².